The summed E-state index contributed by atoms with van der Waals surface area (Å²) in [6.07, 6.45) is 1.17. The van der Waals surface area contributed by atoms with E-state index in [4.69, 9.17) is 4.74 Å². The molecule has 2 atom stereocenters. The van der Waals surface area contributed by atoms with Crippen molar-refractivity contribution in [2.45, 2.75) is 20.3 Å². The summed E-state index contributed by atoms with van der Waals surface area (Å²) < 4.78 is 5.26. The number of amides is 2. The molecule has 2 rings (SSSR count). The molecule has 2 saturated heterocycles. The second kappa shape index (κ2) is 5.04. The first-order valence-electron chi connectivity index (χ1n) is 6.34. The number of nitrogens with zero attached hydrogens (tertiary/aromatic N) is 2. The van der Waals surface area contributed by atoms with Crippen molar-refractivity contribution in [1.29, 1.82) is 0 Å². The second-order valence-corrected chi connectivity index (χ2v) is 4.93. The van der Waals surface area contributed by atoms with E-state index in [2.05, 4.69) is 13.8 Å². The molecule has 0 aromatic heterocycles. The van der Waals surface area contributed by atoms with Crippen molar-refractivity contribution in [1.82, 2.24) is 9.80 Å². The third kappa shape index (κ3) is 2.32. The van der Waals surface area contributed by atoms with Crippen molar-refractivity contribution < 1.29 is 9.53 Å². The van der Waals surface area contributed by atoms with E-state index in [1.807, 2.05) is 9.80 Å². The molecule has 1 unspecified atom stereocenters. The molecular formula is C12H22N2O2. The molecule has 0 bridgehead atoms. The molecule has 0 aromatic rings. The summed E-state index contributed by atoms with van der Waals surface area (Å²) in [6, 6.07) is 0.214. The molecule has 0 radical (unpaired) electrons. The summed E-state index contributed by atoms with van der Waals surface area (Å²) >= 11 is 0. The van der Waals surface area contributed by atoms with Crippen LogP contribution in [0, 0.1) is 11.8 Å². The first kappa shape index (κ1) is 11.7. The van der Waals surface area contributed by atoms with Crippen molar-refractivity contribution in [3.63, 3.8) is 0 Å². The Labute approximate surface area is 97.5 Å². The normalized spacial score (nSPS) is 30.9. The van der Waals surface area contributed by atoms with Gasteiger partial charge in [-0.25, -0.2) is 4.79 Å². The van der Waals surface area contributed by atoms with Gasteiger partial charge in [0, 0.05) is 26.2 Å². The lowest BCUT2D eigenvalue weighted by Crippen LogP contribution is -2.47. The molecule has 2 heterocycles. The standard InChI is InChI=1S/C12H22N2O2/c1-3-11-9-14(8-10(11)2)12(15)13-4-6-16-7-5-13/h10-11H,3-9H2,1-2H3/t10?,11-/m0/s1. The van der Waals surface area contributed by atoms with Gasteiger partial charge >= 0.3 is 6.03 Å². The van der Waals surface area contributed by atoms with Crippen molar-refractivity contribution in [3.8, 4) is 0 Å². The zero-order valence-electron chi connectivity index (χ0n) is 10.3. The van der Waals surface area contributed by atoms with Crippen molar-refractivity contribution in [2.75, 3.05) is 39.4 Å². The molecule has 0 N–H and O–H groups in total. The van der Waals surface area contributed by atoms with E-state index in [9.17, 15) is 4.79 Å². The van der Waals surface area contributed by atoms with Crippen LogP contribution in [0.2, 0.25) is 0 Å². The van der Waals surface area contributed by atoms with Gasteiger partial charge in [0.2, 0.25) is 0 Å². The molecule has 0 saturated carbocycles. The van der Waals surface area contributed by atoms with E-state index in [0.717, 1.165) is 26.2 Å². The minimum Gasteiger partial charge on any atom is -0.378 e. The maximum Gasteiger partial charge on any atom is 0.320 e. The lowest BCUT2D eigenvalue weighted by Gasteiger charge is -2.31. The lowest BCUT2D eigenvalue weighted by atomic mass is 9.96. The van der Waals surface area contributed by atoms with E-state index in [0.29, 0.717) is 25.0 Å². The van der Waals surface area contributed by atoms with Gasteiger partial charge in [-0.3, -0.25) is 0 Å². The van der Waals surface area contributed by atoms with Crippen LogP contribution in [0.25, 0.3) is 0 Å². The van der Waals surface area contributed by atoms with Gasteiger partial charge in [0.15, 0.2) is 0 Å². The van der Waals surface area contributed by atoms with Crippen LogP contribution in [0.3, 0.4) is 0 Å². The summed E-state index contributed by atoms with van der Waals surface area (Å²) in [4.78, 5) is 16.1. The van der Waals surface area contributed by atoms with Crippen molar-refractivity contribution in [3.05, 3.63) is 0 Å². The molecule has 0 aliphatic carbocycles. The highest BCUT2D eigenvalue weighted by molar-refractivity contribution is 5.74. The zero-order chi connectivity index (χ0) is 11.5. The summed E-state index contributed by atoms with van der Waals surface area (Å²) in [6.45, 7) is 9.20. The summed E-state index contributed by atoms with van der Waals surface area (Å²) in [7, 11) is 0. The van der Waals surface area contributed by atoms with E-state index >= 15 is 0 Å². The molecule has 16 heavy (non-hydrogen) atoms. The number of ether oxygens (including phenoxy) is 1. The molecule has 2 aliphatic heterocycles. The van der Waals surface area contributed by atoms with Gasteiger partial charge < -0.3 is 14.5 Å². The smallest absolute Gasteiger partial charge is 0.320 e. The number of urea groups is 1. The van der Waals surface area contributed by atoms with Crippen LogP contribution in [-0.4, -0.2) is 55.2 Å². The van der Waals surface area contributed by atoms with Gasteiger partial charge in [-0.15, -0.1) is 0 Å². The summed E-state index contributed by atoms with van der Waals surface area (Å²) in [5, 5.41) is 0. The third-order valence-corrected chi connectivity index (χ3v) is 3.84. The fourth-order valence-electron chi connectivity index (χ4n) is 2.68. The number of likely N-dealkylation sites (tertiary alicyclic amines) is 1. The minimum absolute atomic E-state index is 0.214. The molecule has 2 amide bonds. The van der Waals surface area contributed by atoms with Crippen LogP contribution < -0.4 is 0 Å². The number of rotatable bonds is 1. The van der Waals surface area contributed by atoms with E-state index in [1.165, 1.54) is 6.42 Å². The van der Waals surface area contributed by atoms with Gasteiger partial charge in [0.25, 0.3) is 0 Å². The Morgan fingerprint density at radius 2 is 1.94 bits per heavy atom. The first-order chi connectivity index (χ1) is 7.72. The predicted octanol–water partition coefficient (Wildman–Crippen LogP) is 1.42. The molecule has 0 spiro atoms. The Morgan fingerprint density at radius 3 is 2.50 bits per heavy atom. The number of hydrogen-bond donors (Lipinski definition) is 0. The molecule has 4 nitrogen and oxygen atoms in total. The molecule has 92 valence electrons. The second-order valence-electron chi connectivity index (χ2n) is 4.93. The first-order valence-corrected chi connectivity index (χ1v) is 6.34. The Balaban J connectivity index is 1.90. The largest absolute Gasteiger partial charge is 0.378 e. The Kier molecular flexibility index (Phi) is 3.69. The van der Waals surface area contributed by atoms with Crippen molar-refractivity contribution >= 4 is 6.03 Å². The average molecular weight is 226 g/mol. The molecule has 0 aromatic carbocycles. The zero-order valence-corrected chi connectivity index (χ0v) is 10.3. The third-order valence-electron chi connectivity index (χ3n) is 3.84. The molecular weight excluding hydrogens is 204 g/mol. The Morgan fingerprint density at radius 1 is 1.25 bits per heavy atom. The SMILES string of the molecule is CC[C@H]1CN(C(=O)N2CCOCC2)CC1C. The van der Waals surface area contributed by atoms with Gasteiger partial charge in [0.05, 0.1) is 13.2 Å². The highest BCUT2D eigenvalue weighted by Gasteiger charge is 2.33. The van der Waals surface area contributed by atoms with Gasteiger partial charge in [0.1, 0.15) is 0 Å². The van der Waals surface area contributed by atoms with Crippen LogP contribution in [0.1, 0.15) is 20.3 Å². The van der Waals surface area contributed by atoms with Gasteiger partial charge in [-0.1, -0.05) is 20.3 Å². The number of morpholine rings is 1. The quantitative estimate of drug-likeness (QED) is 0.677. The number of hydrogen-bond acceptors (Lipinski definition) is 2. The van der Waals surface area contributed by atoms with E-state index in [1.54, 1.807) is 0 Å². The van der Waals surface area contributed by atoms with Crippen LogP contribution in [0.4, 0.5) is 4.79 Å². The maximum absolute atomic E-state index is 12.2. The van der Waals surface area contributed by atoms with Crippen LogP contribution in [0.15, 0.2) is 0 Å². The lowest BCUT2D eigenvalue weighted by molar-refractivity contribution is 0.0447. The Hall–Kier alpha value is -0.770. The van der Waals surface area contributed by atoms with Gasteiger partial charge in [-0.2, -0.15) is 0 Å². The maximum atomic E-state index is 12.2. The number of carbonyl (C=O) groups is 1. The predicted molar refractivity (Wildman–Crippen MR) is 62.3 cm³/mol. The average Bonchev–Trinajstić information content (AvgIpc) is 2.71. The molecule has 2 aliphatic rings. The fraction of sp³-hybridized carbons (Fsp3) is 0.917. The van der Waals surface area contributed by atoms with Crippen molar-refractivity contribution in [2.24, 2.45) is 11.8 Å². The van der Waals surface area contributed by atoms with E-state index in [-0.39, 0.29) is 6.03 Å². The Bertz CT molecular complexity index is 251. The minimum atomic E-state index is 0.214. The van der Waals surface area contributed by atoms with Crippen LogP contribution in [0.5, 0.6) is 0 Å². The monoisotopic (exact) mass is 226 g/mol. The topological polar surface area (TPSA) is 32.8 Å². The highest BCUT2D eigenvalue weighted by Crippen LogP contribution is 2.26. The summed E-state index contributed by atoms with van der Waals surface area (Å²) in [5.41, 5.74) is 0. The van der Waals surface area contributed by atoms with E-state index < -0.39 is 0 Å². The fourth-order valence-corrected chi connectivity index (χ4v) is 2.68. The number of carbonyl (C=O) groups excluding carboxylic acids is 1. The van der Waals surface area contributed by atoms with Crippen LogP contribution in [-0.2, 0) is 4.74 Å². The summed E-state index contributed by atoms with van der Waals surface area (Å²) in [5.74, 6) is 1.33. The molecule has 2 fully saturated rings. The highest BCUT2D eigenvalue weighted by atomic mass is 16.5. The molecule has 4 heteroatoms. The van der Waals surface area contributed by atoms with Crippen LogP contribution >= 0.6 is 0 Å². The van der Waals surface area contributed by atoms with Gasteiger partial charge in [-0.05, 0) is 11.8 Å².